The van der Waals surface area contributed by atoms with E-state index in [0.717, 1.165) is 42.0 Å². The molecule has 0 unspecified atom stereocenters. The number of anilines is 2. The van der Waals surface area contributed by atoms with Crippen LogP contribution in [0.4, 0.5) is 11.4 Å². The van der Waals surface area contributed by atoms with Crippen LogP contribution >= 0.6 is 11.3 Å². The Labute approximate surface area is 157 Å². The highest BCUT2D eigenvalue weighted by Gasteiger charge is 2.16. The van der Waals surface area contributed by atoms with Crippen molar-refractivity contribution < 1.29 is 8.42 Å². The molecule has 1 aliphatic heterocycles. The zero-order valence-corrected chi connectivity index (χ0v) is 16.2. The molecular formula is C19H21N3O2S2. The van der Waals surface area contributed by atoms with Crippen LogP contribution in [0.1, 0.15) is 4.88 Å². The van der Waals surface area contributed by atoms with E-state index in [2.05, 4.69) is 27.9 Å². The predicted octanol–water partition coefficient (Wildman–Crippen LogP) is 3.42. The minimum atomic E-state index is -3.60. The molecule has 0 aliphatic carbocycles. The standard InChI is InChI=1S/C19H21N3O2S2/c1-14-12-15-13-16(2-7-19(15)25-14)21-26(23,24)18-5-3-17(4-6-18)22-10-8-20-9-11-22/h2-7,12-13,20-21H,8-11H2,1H3. The molecule has 4 rings (SSSR count). The molecule has 1 saturated heterocycles. The third-order valence-electron chi connectivity index (χ3n) is 4.52. The quantitative estimate of drug-likeness (QED) is 0.720. The largest absolute Gasteiger partial charge is 0.369 e. The summed E-state index contributed by atoms with van der Waals surface area (Å²) in [6, 6.07) is 14.8. The van der Waals surface area contributed by atoms with E-state index in [0.29, 0.717) is 5.69 Å². The minimum Gasteiger partial charge on any atom is -0.369 e. The van der Waals surface area contributed by atoms with E-state index in [-0.39, 0.29) is 4.90 Å². The van der Waals surface area contributed by atoms with Crippen molar-refractivity contribution in [2.45, 2.75) is 11.8 Å². The Hall–Kier alpha value is -2.09. The van der Waals surface area contributed by atoms with Crippen LogP contribution in [0.2, 0.25) is 0 Å². The normalized spacial score (nSPS) is 15.3. The molecule has 1 aromatic heterocycles. The molecular weight excluding hydrogens is 366 g/mol. The van der Waals surface area contributed by atoms with Crippen molar-refractivity contribution >= 4 is 42.8 Å². The zero-order valence-electron chi connectivity index (χ0n) is 14.5. The molecule has 0 spiro atoms. The van der Waals surface area contributed by atoms with E-state index in [1.165, 1.54) is 4.88 Å². The van der Waals surface area contributed by atoms with Gasteiger partial charge in [-0.25, -0.2) is 8.42 Å². The van der Waals surface area contributed by atoms with Crippen molar-refractivity contribution in [3.05, 3.63) is 53.4 Å². The lowest BCUT2D eigenvalue weighted by molar-refractivity contribution is 0.589. The lowest BCUT2D eigenvalue weighted by Crippen LogP contribution is -2.43. The number of fused-ring (bicyclic) bond motifs is 1. The van der Waals surface area contributed by atoms with Gasteiger partial charge >= 0.3 is 0 Å². The fourth-order valence-corrected chi connectivity index (χ4v) is 5.17. The second-order valence-electron chi connectivity index (χ2n) is 6.45. The van der Waals surface area contributed by atoms with E-state index < -0.39 is 10.0 Å². The summed E-state index contributed by atoms with van der Waals surface area (Å²) in [6.45, 7) is 5.82. The topological polar surface area (TPSA) is 61.4 Å². The third-order valence-corrected chi connectivity index (χ3v) is 6.95. The van der Waals surface area contributed by atoms with E-state index in [1.807, 2.05) is 30.3 Å². The average molecular weight is 388 g/mol. The average Bonchev–Trinajstić information content (AvgIpc) is 3.01. The number of hydrogen-bond acceptors (Lipinski definition) is 5. The Kier molecular flexibility index (Phi) is 4.60. The van der Waals surface area contributed by atoms with Gasteiger partial charge in [-0.15, -0.1) is 11.3 Å². The molecule has 0 atom stereocenters. The molecule has 2 heterocycles. The van der Waals surface area contributed by atoms with Crippen molar-refractivity contribution in [1.29, 1.82) is 0 Å². The minimum absolute atomic E-state index is 0.276. The summed E-state index contributed by atoms with van der Waals surface area (Å²) in [6.07, 6.45) is 0. The number of piperazine rings is 1. The number of sulfonamides is 1. The van der Waals surface area contributed by atoms with Crippen LogP contribution in [0, 0.1) is 6.92 Å². The lowest BCUT2D eigenvalue weighted by Gasteiger charge is -2.29. The summed E-state index contributed by atoms with van der Waals surface area (Å²) in [7, 11) is -3.60. The molecule has 1 aliphatic rings. The third kappa shape index (κ3) is 3.56. The maximum Gasteiger partial charge on any atom is 0.261 e. The van der Waals surface area contributed by atoms with Crippen LogP contribution in [0.5, 0.6) is 0 Å². The second-order valence-corrected chi connectivity index (χ2v) is 9.42. The first kappa shape index (κ1) is 17.3. The van der Waals surface area contributed by atoms with Gasteiger partial charge in [0.25, 0.3) is 10.0 Å². The lowest BCUT2D eigenvalue weighted by atomic mass is 10.2. The van der Waals surface area contributed by atoms with Gasteiger partial charge in [-0.05, 0) is 60.8 Å². The first-order valence-electron chi connectivity index (χ1n) is 8.60. The molecule has 0 bridgehead atoms. The Bertz CT molecular complexity index is 1020. The van der Waals surface area contributed by atoms with Crippen LogP contribution in [0.15, 0.2) is 53.4 Å². The van der Waals surface area contributed by atoms with Crippen LogP contribution in [-0.4, -0.2) is 34.6 Å². The highest BCUT2D eigenvalue weighted by Crippen LogP contribution is 2.28. The number of nitrogens with zero attached hydrogens (tertiary/aromatic N) is 1. The highest BCUT2D eigenvalue weighted by molar-refractivity contribution is 7.92. The molecule has 7 heteroatoms. The predicted molar refractivity (Wildman–Crippen MR) is 109 cm³/mol. The van der Waals surface area contributed by atoms with Crippen LogP contribution < -0.4 is 14.9 Å². The molecule has 0 radical (unpaired) electrons. The molecule has 0 amide bonds. The molecule has 2 aromatic carbocycles. The maximum atomic E-state index is 12.7. The first-order chi connectivity index (χ1) is 12.5. The van der Waals surface area contributed by atoms with Gasteiger partial charge in [0.15, 0.2) is 0 Å². The molecule has 1 fully saturated rings. The van der Waals surface area contributed by atoms with Crippen molar-refractivity contribution in [3.8, 4) is 0 Å². The molecule has 136 valence electrons. The monoisotopic (exact) mass is 387 g/mol. The fourth-order valence-electron chi connectivity index (χ4n) is 3.21. The number of thiophene rings is 1. The fraction of sp³-hybridized carbons (Fsp3) is 0.263. The number of nitrogens with one attached hydrogen (secondary N) is 2. The van der Waals surface area contributed by atoms with Gasteiger partial charge in [-0.3, -0.25) is 4.72 Å². The summed E-state index contributed by atoms with van der Waals surface area (Å²) < 4.78 is 29.2. The van der Waals surface area contributed by atoms with Gasteiger partial charge in [-0.1, -0.05) is 0 Å². The SMILES string of the molecule is Cc1cc2cc(NS(=O)(=O)c3ccc(N4CCNCC4)cc3)ccc2s1. The molecule has 5 nitrogen and oxygen atoms in total. The first-order valence-corrected chi connectivity index (χ1v) is 10.9. The maximum absolute atomic E-state index is 12.7. The van der Waals surface area contributed by atoms with Gasteiger partial charge < -0.3 is 10.2 Å². The summed E-state index contributed by atoms with van der Waals surface area (Å²) >= 11 is 1.70. The summed E-state index contributed by atoms with van der Waals surface area (Å²) in [5.74, 6) is 0. The highest BCUT2D eigenvalue weighted by atomic mass is 32.2. The molecule has 0 saturated carbocycles. The van der Waals surface area contributed by atoms with E-state index in [1.54, 1.807) is 23.5 Å². The smallest absolute Gasteiger partial charge is 0.261 e. The molecule has 3 aromatic rings. The Morgan fingerprint density at radius 1 is 1.04 bits per heavy atom. The number of aryl methyl sites for hydroxylation is 1. The number of benzene rings is 2. The van der Waals surface area contributed by atoms with Crippen molar-refractivity contribution in [2.75, 3.05) is 35.8 Å². The van der Waals surface area contributed by atoms with Crippen molar-refractivity contribution in [1.82, 2.24) is 5.32 Å². The van der Waals surface area contributed by atoms with E-state index in [9.17, 15) is 8.42 Å². The summed E-state index contributed by atoms with van der Waals surface area (Å²) in [5, 5.41) is 4.37. The number of hydrogen-bond donors (Lipinski definition) is 2. The Balaban J connectivity index is 1.55. The van der Waals surface area contributed by atoms with Crippen molar-refractivity contribution in [2.24, 2.45) is 0 Å². The number of rotatable bonds is 4. The van der Waals surface area contributed by atoms with E-state index in [4.69, 9.17) is 0 Å². The van der Waals surface area contributed by atoms with Gasteiger partial charge in [0.05, 0.1) is 4.90 Å². The second kappa shape index (κ2) is 6.90. The van der Waals surface area contributed by atoms with Gasteiger partial charge in [-0.2, -0.15) is 0 Å². The Morgan fingerprint density at radius 3 is 2.50 bits per heavy atom. The Morgan fingerprint density at radius 2 is 1.77 bits per heavy atom. The summed E-state index contributed by atoms with van der Waals surface area (Å²) in [4.78, 5) is 3.74. The van der Waals surface area contributed by atoms with Crippen LogP contribution in [0.3, 0.4) is 0 Å². The van der Waals surface area contributed by atoms with Crippen LogP contribution in [0.25, 0.3) is 10.1 Å². The van der Waals surface area contributed by atoms with Gasteiger partial charge in [0, 0.05) is 47.1 Å². The zero-order chi connectivity index (χ0) is 18.1. The van der Waals surface area contributed by atoms with Crippen LogP contribution in [-0.2, 0) is 10.0 Å². The molecule has 26 heavy (non-hydrogen) atoms. The van der Waals surface area contributed by atoms with E-state index >= 15 is 0 Å². The van der Waals surface area contributed by atoms with Crippen molar-refractivity contribution in [3.63, 3.8) is 0 Å². The summed E-state index contributed by atoms with van der Waals surface area (Å²) in [5.41, 5.74) is 1.64. The molecule has 2 N–H and O–H groups in total. The van der Waals surface area contributed by atoms with Gasteiger partial charge in [0.2, 0.25) is 0 Å². The van der Waals surface area contributed by atoms with Gasteiger partial charge in [0.1, 0.15) is 0 Å².